The number of anilines is 1. The van der Waals surface area contributed by atoms with Gasteiger partial charge in [-0.2, -0.15) is 4.31 Å². The molecule has 0 radical (unpaired) electrons. The number of halogens is 1. The van der Waals surface area contributed by atoms with Gasteiger partial charge in [0.05, 0.1) is 16.5 Å². The summed E-state index contributed by atoms with van der Waals surface area (Å²) >= 11 is 3.36. The van der Waals surface area contributed by atoms with Crippen LogP contribution < -0.4 is 4.90 Å². The first-order chi connectivity index (χ1) is 15.8. The van der Waals surface area contributed by atoms with Crippen LogP contribution in [-0.4, -0.2) is 66.9 Å². The van der Waals surface area contributed by atoms with Crippen LogP contribution in [0.25, 0.3) is 10.9 Å². The van der Waals surface area contributed by atoms with Gasteiger partial charge in [-0.15, -0.1) is 0 Å². The molecule has 3 aromatic rings. The summed E-state index contributed by atoms with van der Waals surface area (Å²) in [5.74, 6) is 1.74. The van der Waals surface area contributed by atoms with Gasteiger partial charge in [0.2, 0.25) is 10.0 Å². The van der Waals surface area contributed by atoms with Gasteiger partial charge in [0.1, 0.15) is 11.6 Å². The molecular formula is C24H30BrN5O2S. The molecule has 1 unspecified atom stereocenters. The van der Waals surface area contributed by atoms with Crippen LogP contribution in [0, 0.1) is 0 Å². The Morgan fingerprint density at radius 1 is 0.970 bits per heavy atom. The second-order valence-electron chi connectivity index (χ2n) is 8.16. The highest BCUT2D eigenvalue weighted by atomic mass is 79.9. The van der Waals surface area contributed by atoms with E-state index in [1.165, 1.54) is 0 Å². The topological polar surface area (TPSA) is 69.6 Å². The average molecular weight is 533 g/mol. The number of aromatic nitrogens is 2. The second kappa shape index (κ2) is 10.0. The van der Waals surface area contributed by atoms with E-state index in [9.17, 15) is 8.42 Å². The summed E-state index contributed by atoms with van der Waals surface area (Å²) in [7, 11) is -3.50. The lowest BCUT2D eigenvalue weighted by Crippen LogP contribution is -2.49. The van der Waals surface area contributed by atoms with E-state index in [0.717, 1.165) is 40.1 Å². The zero-order chi connectivity index (χ0) is 23.6. The molecule has 1 aliphatic rings. The lowest BCUT2D eigenvalue weighted by molar-refractivity contribution is 0.141. The molecule has 0 saturated carbocycles. The van der Waals surface area contributed by atoms with Crippen LogP contribution in [0.5, 0.6) is 0 Å². The number of hydrogen-bond donors (Lipinski definition) is 0. The number of sulfonamides is 1. The molecule has 2 heterocycles. The Bertz CT molecular complexity index is 1210. The summed E-state index contributed by atoms with van der Waals surface area (Å²) in [5.41, 5.74) is 0.938. The van der Waals surface area contributed by atoms with Crippen molar-refractivity contribution in [3.63, 3.8) is 0 Å². The van der Waals surface area contributed by atoms with Crippen molar-refractivity contribution < 1.29 is 8.42 Å². The molecule has 0 spiro atoms. The molecule has 0 bridgehead atoms. The fourth-order valence-corrected chi connectivity index (χ4v) is 5.97. The van der Waals surface area contributed by atoms with E-state index in [-0.39, 0.29) is 6.04 Å². The van der Waals surface area contributed by atoms with Crippen molar-refractivity contribution in [3.8, 4) is 0 Å². The maximum Gasteiger partial charge on any atom is 0.243 e. The minimum Gasteiger partial charge on any atom is -0.357 e. The van der Waals surface area contributed by atoms with Crippen LogP contribution >= 0.6 is 15.9 Å². The summed E-state index contributed by atoms with van der Waals surface area (Å²) in [6.07, 6.45) is 0. The molecule has 1 fully saturated rings. The first kappa shape index (κ1) is 24.1. The van der Waals surface area contributed by atoms with Gasteiger partial charge in [0.15, 0.2) is 0 Å². The summed E-state index contributed by atoms with van der Waals surface area (Å²) < 4.78 is 28.5. The number of para-hydroxylation sites is 1. The van der Waals surface area contributed by atoms with E-state index in [1.54, 1.807) is 28.6 Å². The molecule has 2 aromatic carbocycles. The Labute approximate surface area is 204 Å². The number of hydrogen-bond acceptors (Lipinski definition) is 6. The van der Waals surface area contributed by atoms with E-state index in [4.69, 9.17) is 9.97 Å². The molecule has 1 atom stereocenters. The number of nitrogens with zero attached hydrogens (tertiary/aromatic N) is 5. The standard InChI is InChI=1S/C24H30BrN5O2S/c1-4-28(5-2)24-21-8-6-7-9-22(21)26-23(27-24)18(3)29-14-16-30(17-15-29)33(31,32)20-12-10-19(25)11-13-20/h6-13,18H,4-5,14-17H2,1-3H3. The average Bonchev–Trinajstić information content (AvgIpc) is 2.84. The first-order valence-electron chi connectivity index (χ1n) is 11.4. The van der Waals surface area contributed by atoms with E-state index >= 15 is 0 Å². The Balaban J connectivity index is 1.54. The van der Waals surface area contributed by atoms with Crippen molar-refractivity contribution in [2.24, 2.45) is 0 Å². The van der Waals surface area contributed by atoms with Gasteiger partial charge in [-0.05, 0) is 57.2 Å². The van der Waals surface area contributed by atoms with Crippen LogP contribution in [0.1, 0.15) is 32.6 Å². The third kappa shape index (κ3) is 4.91. The molecule has 7 nitrogen and oxygen atoms in total. The van der Waals surface area contributed by atoms with Crippen LogP contribution in [-0.2, 0) is 10.0 Å². The van der Waals surface area contributed by atoms with Crippen LogP contribution in [0.3, 0.4) is 0 Å². The Hall–Kier alpha value is -2.07. The Morgan fingerprint density at radius 2 is 1.61 bits per heavy atom. The maximum absolute atomic E-state index is 13.0. The molecule has 33 heavy (non-hydrogen) atoms. The first-order valence-corrected chi connectivity index (χ1v) is 13.6. The van der Waals surface area contributed by atoms with Crippen molar-refractivity contribution in [2.75, 3.05) is 44.2 Å². The minimum atomic E-state index is -3.50. The fourth-order valence-electron chi connectivity index (χ4n) is 4.28. The minimum absolute atomic E-state index is 0.0125. The Morgan fingerprint density at radius 3 is 2.24 bits per heavy atom. The quantitative estimate of drug-likeness (QED) is 0.452. The fraction of sp³-hybridized carbons (Fsp3) is 0.417. The number of piperazine rings is 1. The van der Waals surface area contributed by atoms with Gasteiger partial charge in [-0.3, -0.25) is 4.90 Å². The van der Waals surface area contributed by atoms with Crippen LogP contribution in [0.4, 0.5) is 5.82 Å². The lowest BCUT2D eigenvalue weighted by Gasteiger charge is -2.37. The van der Waals surface area contributed by atoms with Gasteiger partial charge < -0.3 is 4.90 Å². The number of benzene rings is 2. The second-order valence-corrected chi connectivity index (χ2v) is 11.0. The molecule has 176 valence electrons. The third-order valence-electron chi connectivity index (χ3n) is 6.31. The highest BCUT2D eigenvalue weighted by molar-refractivity contribution is 9.10. The van der Waals surface area contributed by atoms with Gasteiger partial charge in [-0.1, -0.05) is 28.1 Å². The van der Waals surface area contributed by atoms with Gasteiger partial charge in [0, 0.05) is 49.1 Å². The normalized spacial score (nSPS) is 16.7. The highest BCUT2D eigenvalue weighted by Gasteiger charge is 2.31. The van der Waals surface area contributed by atoms with Gasteiger partial charge in [0.25, 0.3) is 0 Å². The molecule has 0 aliphatic carbocycles. The number of rotatable bonds is 7. The van der Waals surface area contributed by atoms with Crippen molar-refractivity contribution in [1.29, 1.82) is 0 Å². The largest absolute Gasteiger partial charge is 0.357 e. The molecule has 4 rings (SSSR count). The third-order valence-corrected chi connectivity index (χ3v) is 8.75. The molecule has 9 heteroatoms. The smallest absolute Gasteiger partial charge is 0.243 e. The van der Waals surface area contributed by atoms with E-state index in [1.807, 2.05) is 18.2 Å². The van der Waals surface area contributed by atoms with Crippen molar-refractivity contribution in [1.82, 2.24) is 19.2 Å². The molecule has 0 amide bonds. The molecule has 1 aliphatic heterocycles. The van der Waals surface area contributed by atoms with Crippen molar-refractivity contribution in [3.05, 3.63) is 58.8 Å². The van der Waals surface area contributed by atoms with E-state index in [2.05, 4.69) is 52.6 Å². The van der Waals surface area contributed by atoms with E-state index in [0.29, 0.717) is 31.1 Å². The van der Waals surface area contributed by atoms with Gasteiger partial charge in [-0.25, -0.2) is 18.4 Å². The predicted molar refractivity (Wildman–Crippen MR) is 136 cm³/mol. The molecule has 0 N–H and O–H groups in total. The maximum atomic E-state index is 13.0. The SMILES string of the molecule is CCN(CC)c1nc(C(C)N2CCN(S(=O)(=O)c3ccc(Br)cc3)CC2)nc2ccccc12. The monoisotopic (exact) mass is 531 g/mol. The Kier molecular flexibility index (Phi) is 7.33. The summed E-state index contributed by atoms with van der Waals surface area (Å²) in [6, 6.07) is 14.9. The lowest BCUT2D eigenvalue weighted by atomic mass is 10.2. The zero-order valence-corrected chi connectivity index (χ0v) is 21.7. The van der Waals surface area contributed by atoms with Crippen LogP contribution in [0.2, 0.25) is 0 Å². The van der Waals surface area contributed by atoms with Crippen molar-refractivity contribution in [2.45, 2.75) is 31.7 Å². The number of fused-ring (bicyclic) bond motifs is 1. The summed E-state index contributed by atoms with van der Waals surface area (Å²) in [6.45, 7) is 10.3. The van der Waals surface area contributed by atoms with Crippen molar-refractivity contribution >= 4 is 42.7 Å². The highest BCUT2D eigenvalue weighted by Crippen LogP contribution is 2.28. The molecule has 1 saturated heterocycles. The summed E-state index contributed by atoms with van der Waals surface area (Å²) in [4.78, 5) is 14.7. The predicted octanol–water partition coefficient (Wildman–Crippen LogP) is 4.31. The van der Waals surface area contributed by atoms with Crippen LogP contribution in [0.15, 0.2) is 57.9 Å². The molecular weight excluding hydrogens is 502 g/mol. The summed E-state index contributed by atoms with van der Waals surface area (Å²) in [5, 5.41) is 1.06. The van der Waals surface area contributed by atoms with Gasteiger partial charge >= 0.3 is 0 Å². The zero-order valence-electron chi connectivity index (χ0n) is 19.3. The molecule has 1 aromatic heterocycles. The van der Waals surface area contributed by atoms with E-state index < -0.39 is 10.0 Å².